The van der Waals surface area contributed by atoms with Crippen molar-refractivity contribution in [2.24, 2.45) is 11.5 Å². The van der Waals surface area contributed by atoms with Crippen LogP contribution in [0, 0.1) is 0 Å². The zero-order valence-corrected chi connectivity index (χ0v) is 12.4. The second kappa shape index (κ2) is 8.55. The first-order valence-electron chi connectivity index (χ1n) is 7.12. The molecule has 1 aromatic rings. The van der Waals surface area contributed by atoms with Crippen LogP contribution in [-0.4, -0.2) is 39.3 Å². The van der Waals surface area contributed by atoms with Crippen LogP contribution in [-0.2, 0) is 6.42 Å². The minimum Gasteiger partial charge on any atom is -0.504 e. The molecule has 0 spiro atoms. The second-order valence-corrected chi connectivity index (χ2v) is 5.10. The van der Waals surface area contributed by atoms with Gasteiger partial charge in [-0.2, -0.15) is 0 Å². The highest BCUT2D eigenvalue weighted by molar-refractivity contribution is 5.40. The molecular formula is C16H24N2O4. The molecule has 0 bridgehead atoms. The van der Waals surface area contributed by atoms with Gasteiger partial charge in [-0.05, 0) is 49.7 Å². The molecule has 22 heavy (non-hydrogen) atoms. The quantitative estimate of drug-likeness (QED) is 0.354. The standard InChI is InChI=1S/C8H13NO2.C8H11NO2/c9-6-3-7-1-4-8(10,11)5-2-7;9-4-3-6-1-2-7(10)8(11)5-6/h1-2,4,10-11H,3,5-6,9H2;1-2,5,10-11H,3-4,9H2. The third-order valence-corrected chi connectivity index (χ3v) is 3.13. The highest BCUT2D eigenvalue weighted by Gasteiger charge is 2.19. The fourth-order valence-electron chi connectivity index (χ4n) is 1.90. The summed E-state index contributed by atoms with van der Waals surface area (Å²) in [6.07, 6.45) is 6.67. The molecule has 0 aliphatic heterocycles. The third kappa shape index (κ3) is 6.28. The fraction of sp³-hybridized carbons (Fsp3) is 0.375. The fourth-order valence-corrected chi connectivity index (χ4v) is 1.90. The first-order valence-corrected chi connectivity index (χ1v) is 7.12. The Labute approximate surface area is 130 Å². The summed E-state index contributed by atoms with van der Waals surface area (Å²) in [7, 11) is 0. The van der Waals surface area contributed by atoms with E-state index in [1.165, 1.54) is 18.2 Å². The van der Waals surface area contributed by atoms with Gasteiger partial charge in [-0.15, -0.1) is 0 Å². The molecule has 1 aromatic carbocycles. The van der Waals surface area contributed by atoms with E-state index < -0.39 is 5.79 Å². The van der Waals surface area contributed by atoms with Crippen LogP contribution in [0.15, 0.2) is 42.0 Å². The Morgan fingerprint density at radius 2 is 1.68 bits per heavy atom. The number of hydrogen-bond donors (Lipinski definition) is 6. The van der Waals surface area contributed by atoms with Gasteiger partial charge in [-0.1, -0.05) is 23.8 Å². The minimum absolute atomic E-state index is 0.0871. The minimum atomic E-state index is -1.64. The van der Waals surface area contributed by atoms with Gasteiger partial charge in [-0.25, -0.2) is 0 Å². The number of hydrogen-bond acceptors (Lipinski definition) is 6. The normalized spacial score (nSPS) is 15.7. The Bertz CT molecular complexity index is 539. The van der Waals surface area contributed by atoms with Crippen LogP contribution in [0.2, 0.25) is 0 Å². The summed E-state index contributed by atoms with van der Waals surface area (Å²) in [6, 6.07) is 4.71. The molecule has 0 unspecified atom stereocenters. The number of phenols is 2. The Morgan fingerprint density at radius 1 is 1.00 bits per heavy atom. The summed E-state index contributed by atoms with van der Waals surface area (Å²) in [6.45, 7) is 1.14. The van der Waals surface area contributed by atoms with Crippen molar-refractivity contribution >= 4 is 0 Å². The zero-order chi connectivity index (χ0) is 16.6. The van der Waals surface area contributed by atoms with Gasteiger partial charge in [0.05, 0.1) is 0 Å². The maximum atomic E-state index is 9.05. The van der Waals surface area contributed by atoms with Gasteiger partial charge in [0.25, 0.3) is 0 Å². The van der Waals surface area contributed by atoms with E-state index in [0.717, 1.165) is 17.6 Å². The van der Waals surface area contributed by atoms with E-state index >= 15 is 0 Å². The van der Waals surface area contributed by atoms with E-state index in [4.69, 9.17) is 31.9 Å². The van der Waals surface area contributed by atoms with E-state index in [2.05, 4.69) is 0 Å². The van der Waals surface area contributed by atoms with Crippen molar-refractivity contribution in [3.63, 3.8) is 0 Å². The van der Waals surface area contributed by atoms with E-state index in [1.54, 1.807) is 18.2 Å². The molecule has 0 saturated carbocycles. The molecule has 8 N–H and O–H groups in total. The van der Waals surface area contributed by atoms with Gasteiger partial charge >= 0.3 is 0 Å². The Hall–Kier alpha value is -1.86. The highest BCUT2D eigenvalue weighted by atomic mass is 16.5. The predicted octanol–water partition coefficient (Wildman–Crippen LogP) is 0.501. The lowest BCUT2D eigenvalue weighted by Gasteiger charge is -2.19. The molecular weight excluding hydrogens is 284 g/mol. The van der Waals surface area contributed by atoms with Gasteiger partial charge in [0.1, 0.15) is 0 Å². The predicted molar refractivity (Wildman–Crippen MR) is 85.2 cm³/mol. The van der Waals surface area contributed by atoms with Crippen LogP contribution < -0.4 is 11.5 Å². The first-order chi connectivity index (χ1) is 10.4. The number of aromatic hydroxyl groups is 2. The van der Waals surface area contributed by atoms with Crippen LogP contribution in [0.3, 0.4) is 0 Å². The van der Waals surface area contributed by atoms with Crippen LogP contribution >= 0.6 is 0 Å². The zero-order valence-electron chi connectivity index (χ0n) is 12.4. The Morgan fingerprint density at radius 3 is 2.18 bits per heavy atom. The Kier molecular flexibility index (Phi) is 7.07. The summed E-state index contributed by atoms with van der Waals surface area (Å²) >= 11 is 0. The van der Waals surface area contributed by atoms with Gasteiger partial charge in [0.15, 0.2) is 17.3 Å². The lowest BCUT2D eigenvalue weighted by Crippen LogP contribution is -2.25. The SMILES string of the molecule is NCCC1=CCC(O)(O)C=C1.NCCc1ccc(O)c(O)c1. The summed E-state index contributed by atoms with van der Waals surface area (Å²) < 4.78 is 0. The molecule has 122 valence electrons. The average molecular weight is 308 g/mol. The molecule has 0 aromatic heterocycles. The van der Waals surface area contributed by atoms with Crippen molar-refractivity contribution in [3.8, 4) is 11.5 Å². The molecule has 2 rings (SSSR count). The van der Waals surface area contributed by atoms with Gasteiger partial charge < -0.3 is 31.9 Å². The Balaban J connectivity index is 0.000000220. The molecule has 6 nitrogen and oxygen atoms in total. The average Bonchev–Trinajstić information content (AvgIpc) is 2.47. The van der Waals surface area contributed by atoms with E-state index in [1.807, 2.05) is 0 Å². The van der Waals surface area contributed by atoms with Crippen molar-refractivity contribution in [1.29, 1.82) is 0 Å². The first kappa shape index (κ1) is 18.2. The summed E-state index contributed by atoms with van der Waals surface area (Å²) in [5.41, 5.74) is 12.6. The van der Waals surface area contributed by atoms with Gasteiger partial charge in [0.2, 0.25) is 0 Å². The molecule has 6 heteroatoms. The largest absolute Gasteiger partial charge is 0.504 e. The van der Waals surface area contributed by atoms with Crippen LogP contribution in [0.1, 0.15) is 18.4 Å². The van der Waals surface area contributed by atoms with Crippen LogP contribution in [0.25, 0.3) is 0 Å². The second-order valence-electron chi connectivity index (χ2n) is 5.10. The topological polar surface area (TPSA) is 133 Å². The van der Waals surface area contributed by atoms with Gasteiger partial charge in [-0.3, -0.25) is 0 Å². The lowest BCUT2D eigenvalue weighted by molar-refractivity contribution is -0.115. The van der Waals surface area contributed by atoms with E-state index in [9.17, 15) is 0 Å². The molecule has 0 saturated heterocycles. The number of aliphatic hydroxyl groups is 2. The third-order valence-electron chi connectivity index (χ3n) is 3.13. The molecule has 1 aliphatic rings. The summed E-state index contributed by atoms with van der Waals surface area (Å²) in [4.78, 5) is 0. The van der Waals surface area contributed by atoms with Gasteiger partial charge in [0, 0.05) is 6.42 Å². The molecule has 0 radical (unpaired) electrons. The maximum Gasteiger partial charge on any atom is 0.186 e. The number of phenolic OH excluding ortho intramolecular Hbond substituents is 2. The number of benzene rings is 1. The van der Waals surface area contributed by atoms with E-state index in [-0.39, 0.29) is 17.9 Å². The lowest BCUT2D eigenvalue weighted by atomic mass is 10.0. The van der Waals surface area contributed by atoms with Crippen LogP contribution in [0.5, 0.6) is 11.5 Å². The molecule has 0 fully saturated rings. The number of allylic oxidation sites excluding steroid dienone is 1. The highest BCUT2D eigenvalue weighted by Crippen LogP contribution is 2.24. The summed E-state index contributed by atoms with van der Waals surface area (Å²) in [5.74, 6) is -1.82. The molecule has 0 amide bonds. The smallest absolute Gasteiger partial charge is 0.186 e. The molecule has 0 heterocycles. The van der Waals surface area contributed by atoms with Crippen molar-refractivity contribution in [3.05, 3.63) is 47.6 Å². The molecule has 1 aliphatic carbocycles. The maximum absolute atomic E-state index is 9.05. The van der Waals surface area contributed by atoms with Crippen molar-refractivity contribution in [1.82, 2.24) is 0 Å². The van der Waals surface area contributed by atoms with Crippen LogP contribution in [0.4, 0.5) is 0 Å². The molecule has 0 atom stereocenters. The summed E-state index contributed by atoms with van der Waals surface area (Å²) in [5, 5.41) is 36.1. The monoisotopic (exact) mass is 308 g/mol. The van der Waals surface area contributed by atoms with Crippen molar-refractivity contribution in [2.45, 2.75) is 25.0 Å². The van der Waals surface area contributed by atoms with Crippen molar-refractivity contribution in [2.75, 3.05) is 13.1 Å². The number of rotatable bonds is 4. The van der Waals surface area contributed by atoms with E-state index in [0.29, 0.717) is 19.5 Å². The number of nitrogens with two attached hydrogens (primary N) is 2. The van der Waals surface area contributed by atoms with Crippen molar-refractivity contribution < 1.29 is 20.4 Å².